The van der Waals surface area contributed by atoms with Gasteiger partial charge in [0.05, 0.1) is 22.4 Å². The molecule has 0 N–H and O–H groups in total. The number of benzene rings is 2. The zero-order chi connectivity index (χ0) is 14.1. The Balaban J connectivity index is 1.71. The summed E-state index contributed by atoms with van der Waals surface area (Å²) in [6, 6.07) is 20.0. The van der Waals surface area contributed by atoms with Gasteiger partial charge in [-0.15, -0.1) is 0 Å². The number of hydrogen-bond donors (Lipinski definition) is 0. The van der Waals surface area contributed by atoms with Gasteiger partial charge in [-0.25, -0.2) is 0 Å². The Kier molecular flexibility index (Phi) is 2.78. The van der Waals surface area contributed by atoms with Crippen molar-refractivity contribution in [3.8, 4) is 0 Å². The van der Waals surface area contributed by atoms with Crippen molar-refractivity contribution >= 4 is 21.8 Å². The number of hydrogen-bond acceptors (Lipinski definition) is 4. The van der Waals surface area contributed by atoms with Crippen LogP contribution in [0.1, 0.15) is 11.4 Å². The Morgan fingerprint density at radius 1 is 0.571 bits per heavy atom. The van der Waals surface area contributed by atoms with Gasteiger partial charge in [0, 0.05) is 17.2 Å². The van der Waals surface area contributed by atoms with Gasteiger partial charge in [0.15, 0.2) is 0 Å². The number of rotatable bonds is 2. The highest BCUT2D eigenvalue weighted by Crippen LogP contribution is 2.15. The van der Waals surface area contributed by atoms with E-state index >= 15 is 0 Å². The summed E-state index contributed by atoms with van der Waals surface area (Å²) >= 11 is 0. The minimum atomic E-state index is 0.635. The molecule has 0 aliphatic carbocycles. The monoisotopic (exact) mass is 272 g/mol. The van der Waals surface area contributed by atoms with Gasteiger partial charge in [0.1, 0.15) is 0 Å². The first kappa shape index (κ1) is 11.9. The summed E-state index contributed by atoms with van der Waals surface area (Å²) in [5.74, 6) is 0. The average molecular weight is 272 g/mol. The highest BCUT2D eigenvalue weighted by Gasteiger charge is 2.04. The Morgan fingerprint density at radius 2 is 1.05 bits per heavy atom. The summed E-state index contributed by atoms with van der Waals surface area (Å²) in [4.78, 5) is 0. The van der Waals surface area contributed by atoms with E-state index < -0.39 is 0 Å². The van der Waals surface area contributed by atoms with Crippen molar-refractivity contribution in [3.63, 3.8) is 0 Å². The Labute approximate surface area is 121 Å². The predicted octanol–water partition coefficient (Wildman–Crippen LogP) is 3.16. The predicted molar refractivity (Wildman–Crippen MR) is 81.9 cm³/mol. The molecule has 0 amide bonds. The maximum absolute atomic E-state index is 4.26. The molecule has 2 heterocycles. The second-order valence-electron chi connectivity index (χ2n) is 4.97. The molecule has 21 heavy (non-hydrogen) atoms. The minimum Gasteiger partial charge on any atom is -0.155 e. The molecule has 100 valence electrons. The molecule has 4 aromatic rings. The van der Waals surface area contributed by atoms with Crippen LogP contribution in [0.3, 0.4) is 0 Å². The van der Waals surface area contributed by atoms with Crippen LogP contribution in [0, 0.1) is 0 Å². The molecule has 0 saturated heterocycles. The zero-order valence-electron chi connectivity index (χ0n) is 11.3. The third-order valence-corrected chi connectivity index (χ3v) is 3.45. The number of fused-ring (bicyclic) bond motifs is 2. The van der Waals surface area contributed by atoms with Crippen LogP contribution in [-0.2, 0) is 6.42 Å². The molecule has 4 rings (SSSR count). The van der Waals surface area contributed by atoms with Crippen LogP contribution in [0.25, 0.3) is 21.8 Å². The molecule has 0 aliphatic rings. The fourth-order valence-corrected chi connectivity index (χ4v) is 2.41. The molecule has 0 radical (unpaired) electrons. The van der Waals surface area contributed by atoms with Crippen molar-refractivity contribution in [2.75, 3.05) is 0 Å². The Bertz CT molecular complexity index is 856. The van der Waals surface area contributed by atoms with Crippen LogP contribution in [0.4, 0.5) is 0 Å². The first-order valence-electron chi connectivity index (χ1n) is 6.81. The van der Waals surface area contributed by atoms with Gasteiger partial charge in [-0.1, -0.05) is 36.4 Å². The van der Waals surface area contributed by atoms with Crippen LogP contribution in [0.5, 0.6) is 0 Å². The van der Waals surface area contributed by atoms with Gasteiger partial charge in [-0.2, -0.15) is 20.4 Å². The highest BCUT2D eigenvalue weighted by molar-refractivity contribution is 5.79. The van der Waals surface area contributed by atoms with Gasteiger partial charge in [-0.3, -0.25) is 0 Å². The van der Waals surface area contributed by atoms with E-state index in [2.05, 4.69) is 32.5 Å². The van der Waals surface area contributed by atoms with E-state index in [0.717, 1.165) is 33.2 Å². The molecule has 0 unspecified atom stereocenters. The van der Waals surface area contributed by atoms with E-state index in [4.69, 9.17) is 0 Å². The summed E-state index contributed by atoms with van der Waals surface area (Å²) in [6.07, 6.45) is 0.635. The van der Waals surface area contributed by atoms with Crippen molar-refractivity contribution < 1.29 is 0 Å². The summed E-state index contributed by atoms with van der Waals surface area (Å²) < 4.78 is 0. The highest BCUT2D eigenvalue weighted by atomic mass is 15.1. The largest absolute Gasteiger partial charge is 0.155 e. The maximum atomic E-state index is 4.26. The van der Waals surface area contributed by atoms with E-state index in [0.29, 0.717) is 6.42 Å². The van der Waals surface area contributed by atoms with Crippen molar-refractivity contribution in [1.82, 2.24) is 20.4 Å². The van der Waals surface area contributed by atoms with E-state index in [1.54, 1.807) is 0 Å². The lowest BCUT2D eigenvalue weighted by Crippen LogP contribution is -1.99. The van der Waals surface area contributed by atoms with Crippen LogP contribution in [0.2, 0.25) is 0 Å². The van der Waals surface area contributed by atoms with E-state index in [1.165, 1.54) is 0 Å². The number of nitrogens with zero attached hydrogens (tertiary/aromatic N) is 4. The average Bonchev–Trinajstić information content (AvgIpc) is 2.55. The standard InChI is InChI=1S/C17H12N4/c1-3-7-16-12(5-1)9-14(18-20-16)11-15-10-13-6-2-4-8-17(13)21-19-15/h1-10H,11H2. The molecule has 4 heteroatoms. The van der Waals surface area contributed by atoms with Crippen LogP contribution >= 0.6 is 0 Å². The molecule has 4 nitrogen and oxygen atoms in total. The van der Waals surface area contributed by atoms with Crippen LogP contribution in [0.15, 0.2) is 60.7 Å². The third-order valence-electron chi connectivity index (χ3n) is 3.45. The van der Waals surface area contributed by atoms with Crippen LogP contribution in [-0.4, -0.2) is 20.4 Å². The van der Waals surface area contributed by atoms with Gasteiger partial charge in [0.25, 0.3) is 0 Å². The summed E-state index contributed by atoms with van der Waals surface area (Å²) in [7, 11) is 0. The minimum absolute atomic E-state index is 0.635. The second-order valence-corrected chi connectivity index (χ2v) is 4.97. The second kappa shape index (κ2) is 4.90. The van der Waals surface area contributed by atoms with Crippen molar-refractivity contribution in [1.29, 1.82) is 0 Å². The molecule has 2 aromatic carbocycles. The summed E-state index contributed by atoms with van der Waals surface area (Å²) in [5, 5.41) is 19.2. The van der Waals surface area contributed by atoms with Gasteiger partial charge in [0.2, 0.25) is 0 Å². The fourth-order valence-electron chi connectivity index (χ4n) is 2.41. The Hall–Kier alpha value is -2.88. The summed E-state index contributed by atoms with van der Waals surface area (Å²) in [6.45, 7) is 0. The van der Waals surface area contributed by atoms with Gasteiger partial charge in [-0.05, 0) is 24.3 Å². The normalized spacial score (nSPS) is 11.0. The summed E-state index contributed by atoms with van der Waals surface area (Å²) in [5.41, 5.74) is 3.62. The molecule has 0 spiro atoms. The molecule has 0 fully saturated rings. The molecule has 0 atom stereocenters. The zero-order valence-corrected chi connectivity index (χ0v) is 11.3. The lowest BCUT2D eigenvalue weighted by Gasteiger charge is -2.02. The molecule has 0 aliphatic heterocycles. The smallest absolute Gasteiger partial charge is 0.0929 e. The first-order chi connectivity index (χ1) is 10.4. The molecular formula is C17H12N4. The quantitative estimate of drug-likeness (QED) is 0.562. The van der Waals surface area contributed by atoms with Crippen molar-refractivity contribution in [2.24, 2.45) is 0 Å². The van der Waals surface area contributed by atoms with E-state index in [1.807, 2.05) is 48.5 Å². The fraction of sp³-hybridized carbons (Fsp3) is 0.0588. The van der Waals surface area contributed by atoms with Crippen LogP contribution < -0.4 is 0 Å². The maximum Gasteiger partial charge on any atom is 0.0929 e. The van der Waals surface area contributed by atoms with Gasteiger partial charge >= 0.3 is 0 Å². The topological polar surface area (TPSA) is 51.6 Å². The number of aromatic nitrogens is 4. The molecule has 0 bridgehead atoms. The van der Waals surface area contributed by atoms with Gasteiger partial charge < -0.3 is 0 Å². The first-order valence-corrected chi connectivity index (χ1v) is 6.81. The SMILES string of the molecule is c1ccc2nnc(Cc3cc4ccccc4nn3)cc2c1. The van der Waals surface area contributed by atoms with E-state index in [-0.39, 0.29) is 0 Å². The van der Waals surface area contributed by atoms with E-state index in [9.17, 15) is 0 Å². The lowest BCUT2D eigenvalue weighted by molar-refractivity contribution is 0.907. The molecular weight excluding hydrogens is 260 g/mol. The van der Waals surface area contributed by atoms with Crippen molar-refractivity contribution in [2.45, 2.75) is 6.42 Å². The Morgan fingerprint density at radius 3 is 1.57 bits per heavy atom. The third kappa shape index (κ3) is 2.31. The van der Waals surface area contributed by atoms with Crippen molar-refractivity contribution in [3.05, 3.63) is 72.1 Å². The molecule has 2 aromatic heterocycles. The molecule has 0 saturated carbocycles. The lowest BCUT2D eigenvalue weighted by atomic mass is 10.1.